The van der Waals surface area contributed by atoms with Crippen molar-refractivity contribution in [2.24, 2.45) is 0 Å². The second-order valence-corrected chi connectivity index (χ2v) is 8.13. The number of hydrogen-bond donors (Lipinski definition) is 1. The van der Waals surface area contributed by atoms with Gasteiger partial charge in [-0.05, 0) is 42.5 Å². The van der Waals surface area contributed by atoms with Gasteiger partial charge in [0.2, 0.25) is 0 Å². The molecule has 0 aromatic heterocycles. The van der Waals surface area contributed by atoms with Crippen LogP contribution in [0.5, 0.6) is 0 Å². The fourth-order valence-corrected chi connectivity index (χ4v) is 4.07. The molecule has 1 atom stereocenters. The van der Waals surface area contributed by atoms with Crippen LogP contribution in [0.2, 0.25) is 0 Å². The van der Waals surface area contributed by atoms with Gasteiger partial charge in [0.1, 0.15) is 12.7 Å². The summed E-state index contributed by atoms with van der Waals surface area (Å²) in [6, 6.07) is 16.6. The number of ether oxygens (including phenoxy) is 4. The summed E-state index contributed by atoms with van der Waals surface area (Å²) in [6.07, 6.45) is 0.280. The predicted octanol–water partition coefficient (Wildman–Crippen LogP) is 4.08. The number of hydrogen-bond acceptors (Lipinski definition) is 5. The lowest BCUT2D eigenvalue weighted by Crippen LogP contribution is -2.28. The first-order chi connectivity index (χ1) is 14.5. The smallest absolute Gasteiger partial charge is 0.407 e. The molecule has 4 rings (SSSR count). The number of alkyl carbamates (subject to hydrolysis) is 1. The van der Waals surface area contributed by atoms with E-state index < -0.39 is 11.9 Å². The molecule has 0 radical (unpaired) electrons. The zero-order valence-electron chi connectivity index (χ0n) is 17.6. The molecule has 2 aromatic carbocycles. The molecule has 1 heterocycles. The molecule has 6 nitrogen and oxygen atoms in total. The minimum Gasteiger partial charge on any atom is -0.449 e. The lowest BCUT2D eigenvalue weighted by molar-refractivity contribution is -0.145. The van der Waals surface area contributed by atoms with Gasteiger partial charge in [-0.1, -0.05) is 48.5 Å². The van der Waals surface area contributed by atoms with E-state index in [2.05, 4.69) is 29.6 Å². The summed E-state index contributed by atoms with van der Waals surface area (Å²) in [5.41, 5.74) is 4.86. The van der Waals surface area contributed by atoms with Crippen molar-refractivity contribution in [3.05, 3.63) is 59.7 Å². The first-order valence-corrected chi connectivity index (χ1v) is 10.5. The van der Waals surface area contributed by atoms with Gasteiger partial charge in [0, 0.05) is 19.1 Å². The quantitative estimate of drug-likeness (QED) is 0.663. The van der Waals surface area contributed by atoms with Crippen LogP contribution < -0.4 is 5.32 Å². The fraction of sp³-hybridized carbons (Fsp3) is 0.458. The van der Waals surface area contributed by atoms with E-state index in [4.69, 9.17) is 18.9 Å². The first kappa shape index (κ1) is 20.8. The SMILES string of the molecule is CC1(C)OCC(COCCCNC(=O)OCC2c3ccccc3-c3ccccc32)O1. The topological polar surface area (TPSA) is 66.0 Å². The standard InChI is InChI=1S/C24H29NO5/c1-24(2)29-15-17(30-24)14-27-13-7-12-25-23(26)28-16-22-20-10-5-3-8-18(20)19-9-4-6-11-21(19)22/h3-6,8-11,17,22H,7,12-16H2,1-2H3,(H,25,26). The highest BCUT2D eigenvalue weighted by Gasteiger charge is 2.32. The maximum absolute atomic E-state index is 12.1. The van der Waals surface area contributed by atoms with Gasteiger partial charge in [0.15, 0.2) is 5.79 Å². The summed E-state index contributed by atoms with van der Waals surface area (Å²) in [7, 11) is 0. The summed E-state index contributed by atoms with van der Waals surface area (Å²) in [4.78, 5) is 12.1. The Balaban J connectivity index is 1.16. The van der Waals surface area contributed by atoms with Gasteiger partial charge in [0.25, 0.3) is 0 Å². The van der Waals surface area contributed by atoms with E-state index in [9.17, 15) is 4.79 Å². The van der Waals surface area contributed by atoms with Gasteiger partial charge in [0.05, 0.1) is 13.2 Å². The van der Waals surface area contributed by atoms with E-state index in [0.29, 0.717) is 39.4 Å². The van der Waals surface area contributed by atoms with Gasteiger partial charge in [-0.15, -0.1) is 0 Å². The van der Waals surface area contributed by atoms with Crippen molar-refractivity contribution in [3.8, 4) is 11.1 Å². The van der Waals surface area contributed by atoms with Crippen molar-refractivity contribution in [2.45, 2.75) is 38.1 Å². The van der Waals surface area contributed by atoms with Gasteiger partial charge in [-0.25, -0.2) is 4.79 Å². The Labute approximate surface area is 177 Å². The van der Waals surface area contributed by atoms with Gasteiger partial charge in [-0.2, -0.15) is 0 Å². The third kappa shape index (κ3) is 4.83. The number of carbonyl (C=O) groups excluding carboxylic acids is 1. The van der Waals surface area contributed by atoms with Crippen LogP contribution in [-0.2, 0) is 18.9 Å². The van der Waals surface area contributed by atoms with Crippen molar-refractivity contribution in [1.82, 2.24) is 5.32 Å². The summed E-state index contributed by atoms with van der Waals surface area (Å²) >= 11 is 0. The zero-order chi connectivity index (χ0) is 21.0. The van der Waals surface area contributed by atoms with Gasteiger partial charge < -0.3 is 24.3 Å². The van der Waals surface area contributed by atoms with Gasteiger partial charge >= 0.3 is 6.09 Å². The van der Waals surface area contributed by atoms with Crippen LogP contribution in [0.15, 0.2) is 48.5 Å². The molecule has 1 aliphatic heterocycles. The van der Waals surface area contributed by atoms with E-state index in [-0.39, 0.29) is 12.0 Å². The number of rotatable bonds is 8. The number of fused-ring (bicyclic) bond motifs is 3. The lowest BCUT2D eigenvalue weighted by Gasteiger charge is -2.17. The van der Waals surface area contributed by atoms with Gasteiger partial charge in [-0.3, -0.25) is 0 Å². The average molecular weight is 411 g/mol. The van der Waals surface area contributed by atoms with Crippen LogP contribution in [0.4, 0.5) is 4.79 Å². The van der Waals surface area contributed by atoms with Crippen LogP contribution in [0.1, 0.15) is 37.3 Å². The van der Waals surface area contributed by atoms with Crippen LogP contribution in [0.25, 0.3) is 11.1 Å². The largest absolute Gasteiger partial charge is 0.449 e. The molecule has 160 valence electrons. The highest BCUT2D eigenvalue weighted by molar-refractivity contribution is 5.79. The number of carbonyl (C=O) groups is 1. The maximum Gasteiger partial charge on any atom is 0.407 e. The molecule has 1 saturated heterocycles. The number of nitrogens with one attached hydrogen (secondary N) is 1. The second-order valence-electron chi connectivity index (χ2n) is 8.13. The first-order valence-electron chi connectivity index (χ1n) is 10.5. The fourth-order valence-electron chi connectivity index (χ4n) is 4.07. The minimum atomic E-state index is -0.528. The molecule has 1 amide bonds. The molecule has 0 spiro atoms. The minimum absolute atomic E-state index is 0.0323. The van der Waals surface area contributed by atoms with Crippen LogP contribution >= 0.6 is 0 Å². The van der Waals surface area contributed by atoms with Crippen molar-refractivity contribution < 1.29 is 23.7 Å². The predicted molar refractivity (Wildman–Crippen MR) is 113 cm³/mol. The maximum atomic E-state index is 12.1. The van der Waals surface area contributed by atoms with Crippen LogP contribution in [0, 0.1) is 0 Å². The normalized spacial score (nSPS) is 19.3. The van der Waals surface area contributed by atoms with E-state index in [1.54, 1.807) is 0 Å². The highest BCUT2D eigenvalue weighted by atomic mass is 16.7. The second kappa shape index (κ2) is 9.16. The molecule has 1 aliphatic carbocycles. The number of amides is 1. The Morgan fingerprint density at radius 2 is 1.73 bits per heavy atom. The molecule has 1 fully saturated rings. The van der Waals surface area contributed by atoms with Crippen molar-refractivity contribution in [2.75, 3.05) is 33.0 Å². The average Bonchev–Trinajstić information content (AvgIpc) is 3.26. The van der Waals surface area contributed by atoms with E-state index in [1.807, 2.05) is 38.1 Å². The number of benzene rings is 2. The molecule has 1 unspecified atom stereocenters. The molecule has 30 heavy (non-hydrogen) atoms. The summed E-state index contributed by atoms with van der Waals surface area (Å²) < 4.78 is 22.3. The summed E-state index contributed by atoms with van der Waals surface area (Å²) in [5, 5.41) is 2.80. The Morgan fingerprint density at radius 1 is 1.07 bits per heavy atom. The Bertz CT molecular complexity index is 836. The third-order valence-electron chi connectivity index (χ3n) is 5.45. The summed E-state index contributed by atoms with van der Waals surface area (Å²) in [6.45, 7) is 6.20. The van der Waals surface area contributed by atoms with E-state index in [1.165, 1.54) is 22.3 Å². The van der Waals surface area contributed by atoms with Crippen molar-refractivity contribution >= 4 is 6.09 Å². The highest BCUT2D eigenvalue weighted by Crippen LogP contribution is 2.44. The summed E-state index contributed by atoms with van der Waals surface area (Å²) in [5.74, 6) is -0.455. The Morgan fingerprint density at radius 3 is 2.37 bits per heavy atom. The van der Waals surface area contributed by atoms with E-state index >= 15 is 0 Å². The molecule has 6 heteroatoms. The molecule has 0 bridgehead atoms. The molecule has 2 aliphatic rings. The Hall–Kier alpha value is -2.41. The molecular weight excluding hydrogens is 382 g/mol. The Kier molecular flexibility index (Phi) is 6.37. The van der Waals surface area contributed by atoms with Crippen molar-refractivity contribution in [3.63, 3.8) is 0 Å². The lowest BCUT2D eigenvalue weighted by atomic mass is 9.98. The molecule has 1 N–H and O–H groups in total. The van der Waals surface area contributed by atoms with Crippen LogP contribution in [0.3, 0.4) is 0 Å². The van der Waals surface area contributed by atoms with Crippen molar-refractivity contribution in [1.29, 1.82) is 0 Å². The zero-order valence-corrected chi connectivity index (χ0v) is 17.6. The third-order valence-corrected chi connectivity index (χ3v) is 5.45. The van der Waals surface area contributed by atoms with Crippen LogP contribution in [-0.4, -0.2) is 51.0 Å². The molecular formula is C24H29NO5. The molecule has 2 aromatic rings. The molecule has 0 saturated carbocycles. The van der Waals surface area contributed by atoms with E-state index in [0.717, 1.165) is 0 Å². The monoisotopic (exact) mass is 411 g/mol.